The van der Waals surface area contributed by atoms with E-state index in [0.717, 1.165) is 29.9 Å². The number of hydrogen-bond acceptors (Lipinski definition) is 4. The van der Waals surface area contributed by atoms with Crippen LogP contribution >= 0.6 is 0 Å². The van der Waals surface area contributed by atoms with Crippen molar-refractivity contribution in [2.45, 2.75) is 44.2 Å². The summed E-state index contributed by atoms with van der Waals surface area (Å²) in [5.41, 5.74) is 0.968. The highest BCUT2D eigenvalue weighted by Gasteiger charge is 2.30. The lowest BCUT2D eigenvalue weighted by atomic mass is 9.82. The van der Waals surface area contributed by atoms with E-state index in [4.69, 9.17) is 9.47 Å². The number of methoxy groups -OCH3 is 2. The molecule has 0 unspecified atom stereocenters. The zero-order chi connectivity index (χ0) is 14.4. The van der Waals surface area contributed by atoms with E-state index >= 15 is 0 Å². The minimum atomic E-state index is -0.122. The lowest BCUT2D eigenvalue weighted by Crippen LogP contribution is -2.49. The molecule has 0 atom stereocenters. The second kappa shape index (κ2) is 6.95. The molecule has 1 aromatic carbocycles. The van der Waals surface area contributed by atoms with Crippen LogP contribution in [0.2, 0.25) is 0 Å². The molecule has 1 aliphatic carbocycles. The Morgan fingerprint density at radius 2 is 1.90 bits per heavy atom. The first-order chi connectivity index (χ1) is 9.73. The average Bonchev–Trinajstić information content (AvgIpc) is 2.53. The molecular formula is C16H25NO3. The average molecular weight is 279 g/mol. The number of aliphatic hydroxyl groups is 1. The fourth-order valence-corrected chi connectivity index (χ4v) is 2.90. The number of rotatable bonds is 6. The second-order valence-corrected chi connectivity index (χ2v) is 5.53. The Bertz CT molecular complexity index is 428. The summed E-state index contributed by atoms with van der Waals surface area (Å²) >= 11 is 0. The molecule has 2 rings (SSSR count). The monoisotopic (exact) mass is 279 g/mol. The van der Waals surface area contributed by atoms with Crippen LogP contribution in [0, 0.1) is 0 Å². The van der Waals surface area contributed by atoms with Crippen LogP contribution in [0.25, 0.3) is 0 Å². The molecule has 0 aromatic heterocycles. The van der Waals surface area contributed by atoms with E-state index in [2.05, 4.69) is 5.32 Å². The Morgan fingerprint density at radius 1 is 1.15 bits per heavy atom. The maximum atomic E-state index is 9.71. The highest BCUT2D eigenvalue weighted by atomic mass is 16.5. The van der Waals surface area contributed by atoms with Crippen LogP contribution in [0.15, 0.2) is 18.2 Å². The third kappa shape index (κ3) is 3.44. The van der Waals surface area contributed by atoms with Crippen LogP contribution in [0.4, 0.5) is 0 Å². The molecule has 2 N–H and O–H groups in total. The van der Waals surface area contributed by atoms with Crippen LogP contribution in [-0.2, 0) is 6.54 Å². The first-order valence-electron chi connectivity index (χ1n) is 7.30. The van der Waals surface area contributed by atoms with E-state index in [1.165, 1.54) is 19.3 Å². The summed E-state index contributed by atoms with van der Waals surface area (Å²) in [6.07, 6.45) is 5.74. The van der Waals surface area contributed by atoms with Crippen LogP contribution < -0.4 is 14.8 Å². The van der Waals surface area contributed by atoms with Crippen LogP contribution in [0.5, 0.6) is 11.5 Å². The zero-order valence-corrected chi connectivity index (χ0v) is 12.4. The number of ether oxygens (including phenoxy) is 2. The van der Waals surface area contributed by atoms with Gasteiger partial charge in [-0.3, -0.25) is 0 Å². The van der Waals surface area contributed by atoms with Gasteiger partial charge in [0, 0.05) is 23.7 Å². The summed E-state index contributed by atoms with van der Waals surface area (Å²) in [5.74, 6) is 1.61. The van der Waals surface area contributed by atoms with Gasteiger partial charge in [-0.15, -0.1) is 0 Å². The highest BCUT2D eigenvalue weighted by Crippen LogP contribution is 2.30. The van der Waals surface area contributed by atoms with Crippen molar-refractivity contribution in [3.05, 3.63) is 23.8 Å². The minimum Gasteiger partial charge on any atom is -0.497 e. The van der Waals surface area contributed by atoms with Crippen LogP contribution in [0.3, 0.4) is 0 Å². The maximum absolute atomic E-state index is 9.71. The highest BCUT2D eigenvalue weighted by molar-refractivity contribution is 5.40. The summed E-state index contributed by atoms with van der Waals surface area (Å²) in [4.78, 5) is 0. The molecule has 0 aliphatic heterocycles. The number of aliphatic hydroxyl groups excluding tert-OH is 1. The maximum Gasteiger partial charge on any atom is 0.127 e. The summed E-state index contributed by atoms with van der Waals surface area (Å²) in [6, 6.07) is 5.84. The topological polar surface area (TPSA) is 50.7 Å². The Balaban J connectivity index is 2.05. The Hall–Kier alpha value is -1.26. The van der Waals surface area contributed by atoms with Gasteiger partial charge < -0.3 is 19.9 Å². The smallest absolute Gasteiger partial charge is 0.127 e. The Kier molecular flexibility index (Phi) is 5.26. The van der Waals surface area contributed by atoms with E-state index < -0.39 is 0 Å². The molecule has 1 aliphatic rings. The van der Waals surface area contributed by atoms with E-state index in [-0.39, 0.29) is 12.1 Å². The van der Waals surface area contributed by atoms with Gasteiger partial charge in [0.2, 0.25) is 0 Å². The normalized spacial score (nSPS) is 17.8. The van der Waals surface area contributed by atoms with E-state index in [0.29, 0.717) is 6.54 Å². The fourth-order valence-electron chi connectivity index (χ4n) is 2.90. The minimum absolute atomic E-state index is 0.122. The molecular weight excluding hydrogens is 254 g/mol. The van der Waals surface area contributed by atoms with Crippen molar-refractivity contribution in [2.75, 3.05) is 20.8 Å². The summed E-state index contributed by atoms with van der Waals surface area (Å²) in [6.45, 7) is 0.902. The zero-order valence-electron chi connectivity index (χ0n) is 12.4. The van der Waals surface area contributed by atoms with Crippen molar-refractivity contribution in [3.8, 4) is 11.5 Å². The number of hydrogen-bond donors (Lipinski definition) is 2. The van der Waals surface area contributed by atoms with Crippen LogP contribution in [0.1, 0.15) is 37.7 Å². The molecule has 0 bridgehead atoms. The molecule has 0 spiro atoms. The molecule has 0 heterocycles. The number of benzene rings is 1. The van der Waals surface area contributed by atoms with E-state index in [9.17, 15) is 5.11 Å². The summed E-state index contributed by atoms with van der Waals surface area (Å²) in [7, 11) is 3.32. The van der Waals surface area contributed by atoms with Gasteiger partial charge in [-0.05, 0) is 18.9 Å². The van der Waals surface area contributed by atoms with Gasteiger partial charge >= 0.3 is 0 Å². The van der Waals surface area contributed by atoms with Crippen molar-refractivity contribution in [3.63, 3.8) is 0 Å². The molecule has 0 saturated heterocycles. The molecule has 0 radical (unpaired) electrons. The predicted molar refractivity (Wildman–Crippen MR) is 79.3 cm³/mol. The van der Waals surface area contributed by atoms with Crippen molar-refractivity contribution in [1.29, 1.82) is 0 Å². The van der Waals surface area contributed by atoms with Gasteiger partial charge in [-0.2, -0.15) is 0 Å². The van der Waals surface area contributed by atoms with E-state index in [1.54, 1.807) is 14.2 Å². The largest absolute Gasteiger partial charge is 0.497 e. The standard InChI is InChI=1S/C16H25NO3/c1-19-14-7-6-13(15(10-14)20-2)11-17-16(12-18)8-4-3-5-9-16/h6-7,10,17-18H,3-5,8-9,11-12H2,1-2H3. The van der Waals surface area contributed by atoms with Crippen molar-refractivity contribution < 1.29 is 14.6 Å². The third-order valence-electron chi connectivity index (χ3n) is 4.26. The van der Waals surface area contributed by atoms with E-state index in [1.807, 2.05) is 18.2 Å². The molecule has 1 saturated carbocycles. The molecule has 1 fully saturated rings. The van der Waals surface area contributed by atoms with Crippen molar-refractivity contribution in [1.82, 2.24) is 5.32 Å². The van der Waals surface area contributed by atoms with Crippen molar-refractivity contribution in [2.24, 2.45) is 0 Å². The fraction of sp³-hybridized carbons (Fsp3) is 0.625. The SMILES string of the molecule is COc1ccc(CNC2(CO)CCCCC2)c(OC)c1. The molecule has 112 valence electrons. The van der Waals surface area contributed by atoms with Gasteiger partial charge in [-0.25, -0.2) is 0 Å². The predicted octanol–water partition coefficient (Wildman–Crippen LogP) is 2.49. The molecule has 1 aromatic rings. The molecule has 4 nitrogen and oxygen atoms in total. The number of nitrogens with one attached hydrogen (secondary N) is 1. The summed E-state index contributed by atoms with van der Waals surface area (Å²) < 4.78 is 10.6. The molecule has 0 amide bonds. The Morgan fingerprint density at radius 3 is 2.50 bits per heavy atom. The van der Waals surface area contributed by atoms with Gasteiger partial charge in [0.05, 0.1) is 20.8 Å². The molecule has 20 heavy (non-hydrogen) atoms. The first-order valence-corrected chi connectivity index (χ1v) is 7.30. The third-order valence-corrected chi connectivity index (χ3v) is 4.26. The summed E-state index contributed by atoms with van der Waals surface area (Å²) in [5, 5.41) is 13.3. The lowest BCUT2D eigenvalue weighted by molar-refractivity contribution is 0.119. The van der Waals surface area contributed by atoms with Gasteiger partial charge in [0.1, 0.15) is 11.5 Å². The second-order valence-electron chi connectivity index (χ2n) is 5.53. The quantitative estimate of drug-likeness (QED) is 0.840. The lowest BCUT2D eigenvalue weighted by Gasteiger charge is -2.37. The van der Waals surface area contributed by atoms with Crippen molar-refractivity contribution >= 4 is 0 Å². The van der Waals surface area contributed by atoms with Crippen LogP contribution in [-0.4, -0.2) is 31.5 Å². The van der Waals surface area contributed by atoms with Gasteiger partial charge in [-0.1, -0.05) is 25.3 Å². The Labute approximate surface area is 121 Å². The molecule has 4 heteroatoms. The van der Waals surface area contributed by atoms with Gasteiger partial charge in [0.15, 0.2) is 0 Å². The first kappa shape index (κ1) is 15.1. The van der Waals surface area contributed by atoms with Gasteiger partial charge in [0.25, 0.3) is 0 Å².